The van der Waals surface area contributed by atoms with Gasteiger partial charge in [0.1, 0.15) is 5.75 Å². The van der Waals surface area contributed by atoms with Crippen molar-refractivity contribution in [2.75, 3.05) is 6.61 Å². The van der Waals surface area contributed by atoms with Crippen LogP contribution in [0, 0.1) is 0 Å². The van der Waals surface area contributed by atoms with Crippen LogP contribution in [0.15, 0.2) is 24.3 Å². The molecule has 1 unspecified atom stereocenters. The van der Waals surface area contributed by atoms with Crippen molar-refractivity contribution in [1.29, 1.82) is 0 Å². The molecular formula is C15H25NO. The Morgan fingerprint density at radius 1 is 1.18 bits per heavy atom. The average molecular weight is 235 g/mol. The second-order valence-corrected chi connectivity index (χ2v) is 4.78. The van der Waals surface area contributed by atoms with Gasteiger partial charge in [0.25, 0.3) is 0 Å². The third-order valence-corrected chi connectivity index (χ3v) is 2.72. The second-order valence-electron chi connectivity index (χ2n) is 4.78. The Morgan fingerprint density at radius 3 is 2.53 bits per heavy atom. The van der Waals surface area contributed by atoms with Crippen molar-refractivity contribution < 1.29 is 4.74 Å². The van der Waals surface area contributed by atoms with Crippen LogP contribution in [0.25, 0.3) is 0 Å². The fourth-order valence-corrected chi connectivity index (χ4v) is 1.89. The highest BCUT2D eigenvalue weighted by Gasteiger charge is 2.11. The largest absolute Gasteiger partial charge is 0.493 e. The minimum Gasteiger partial charge on any atom is -0.493 e. The minimum atomic E-state index is 0.327. The van der Waals surface area contributed by atoms with Crippen molar-refractivity contribution in [3.05, 3.63) is 29.8 Å². The maximum absolute atomic E-state index is 5.84. The normalized spacial score (nSPS) is 12.8. The van der Waals surface area contributed by atoms with Gasteiger partial charge in [0.15, 0.2) is 0 Å². The first-order valence-electron chi connectivity index (χ1n) is 6.63. The lowest BCUT2D eigenvalue weighted by Crippen LogP contribution is -2.26. The van der Waals surface area contributed by atoms with E-state index in [1.165, 1.54) is 12.0 Å². The Kier molecular flexibility index (Phi) is 6.06. The first kappa shape index (κ1) is 14.0. The molecule has 0 spiro atoms. The summed E-state index contributed by atoms with van der Waals surface area (Å²) in [5, 5.41) is 3.51. The fraction of sp³-hybridized carbons (Fsp3) is 0.600. The number of hydrogen-bond acceptors (Lipinski definition) is 2. The van der Waals surface area contributed by atoms with E-state index in [4.69, 9.17) is 4.74 Å². The molecule has 0 aromatic heterocycles. The molecule has 96 valence electrons. The van der Waals surface area contributed by atoms with Gasteiger partial charge >= 0.3 is 0 Å². The van der Waals surface area contributed by atoms with Crippen molar-refractivity contribution in [2.24, 2.45) is 0 Å². The highest BCUT2D eigenvalue weighted by Crippen LogP contribution is 2.25. The van der Waals surface area contributed by atoms with Crippen LogP contribution in [0.4, 0.5) is 0 Å². The van der Waals surface area contributed by atoms with E-state index in [-0.39, 0.29) is 0 Å². The molecule has 0 aliphatic carbocycles. The summed E-state index contributed by atoms with van der Waals surface area (Å²) < 4.78 is 5.84. The molecule has 1 aromatic rings. The Balaban J connectivity index is 2.69. The van der Waals surface area contributed by atoms with E-state index in [0.717, 1.165) is 18.8 Å². The average Bonchev–Trinajstić information content (AvgIpc) is 2.29. The molecule has 17 heavy (non-hydrogen) atoms. The smallest absolute Gasteiger partial charge is 0.124 e. The molecular weight excluding hydrogens is 210 g/mol. The zero-order valence-corrected chi connectivity index (χ0v) is 11.5. The number of unbranched alkanes of at least 4 members (excludes halogenated alkanes) is 1. The molecule has 0 aliphatic heterocycles. The lowest BCUT2D eigenvalue weighted by atomic mass is 10.1. The van der Waals surface area contributed by atoms with Gasteiger partial charge in [-0.2, -0.15) is 0 Å². The summed E-state index contributed by atoms with van der Waals surface area (Å²) >= 11 is 0. The zero-order chi connectivity index (χ0) is 12.7. The number of nitrogens with one attached hydrogen (secondary N) is 1. The number of rotatable bonds is 7. The van der Waals surface area contributed by atoms with Crippen molar-refractivity contribution in [1.82, 2.24) is 5.32 Å². The predicted octanol–water partition coefficient (Wildman–Crippen LogP) is 3.92. The van der Waals surface area contributed by atoms with Gasteiger partial charge < -0.3 is 10.1 Å². The van der Waals surface area contributed by atoms with Crippen LogP contribution in [0.2, 0.25) is 0 Å². The molecule has 0 heterocycles. The van der Waals surface area contributed by atoms with E-state index >= 15 is 0 Å². The molecule has 0 radical (unpaired) electrons. The predicted molar refractivity (Wildman–Crippen MR) is 73.5 cm³/mol. The summed E-state index contributed by atoms with van der Waals surface area (Å²) in [4.78, 5) is 0. The number of hydrogen-bond donors (Lipinski definition) is 1. The van der Waals surface area contributed by atoms with Crippen molar-refractivity contribution in [3.63, 3.8) is 0 Å². The molecule has 0 saturated carbocycles. The molecule has 2 heteroatoms. The molecule has 0 fully saturated rings. The summed E-state index contributed by atoms with van der Waals surface area (Å²) in [6.07, 6.45) is 2.28. The van der Waals surface area contributed by atoms with E-state index < -0.39 is 0 Å². The summed E-state index contributed by atoms with van der Waals surface area (Å²) in [5.41, 5.74) is 1.25. The molecule has 0 amide bonds. The van der Waals surface area contributed by atoms with E-state index in [0.29, 0.717) is 12.1 Å². The first-order valence-corrected chi connectivity index (χ1v) is 6.63. The van der Waals surface area contributed by atoms with E-state index in [2.05, 4.69) is 51.2 Å². The minimum absolute atomic E-state index is 0.327. The van der Waals surface area contributed by atoms with Gasteiger partial charge in [0.2, 0.25) is 0 Å². The Labute approximate surface area is 105 Å². The van der Waals surface area contributed by atoms with Crippen LogP contribution in [0.1, 0.15) is 52.1 Å². The number of benzene rings is 1. The van der Waals surface area contributed by atoms with Gasteiger partial charge in [-0.05, 0) is 19.4 Å². The van der Waals surface area contributed by atoms with Gasteiger partial charge in [-0.3, -0.25) is 0 Å². The summed E-state index contributed by atoms with van der Waals surface area (Å²) in [6.45, 7) is 9.50. The van der Waals surface area contributed by atoms with Gasteiger partial charge in [0, 0.05) is 17.6 Å². The van der Waals surface area contributed by atoms with Crippen LogP contribution in [0.3, 0.4) is 0 Å². The third-order valence-electron chi connectivity index (χ3n) is 2.72. The zero-order valence-electron chi connectivity index (χ0n) is 11.5. The molecule has 2 nitrogen and oxygen atoms in total. The maximum Gasteiger partial charge on any atom is 0.124 e. The molecule has 0 saturated heterocycles. The molecule has 0 bridgehead atoms. The Hall–Kier alpha value is -1.02. The second kappa shape index (κ2) is 7.33. The Morgan fingerprint density at radius 2 is 1.88 bits per heavy atom. The topological polar surface area (TPSA) is 21.3 Å². The SMILES string of the molecule is CCCCOc1ccccc1C(C)NC(C)C. The molecule has 1 aromatic carbocycles. The van der Waals surface area contributed by atoms with Gasteiger partial charge in [-0.25, -0.2) is 0 Å². The van der Waals surface area contributed by atoms with Crippen LogP contribution < -0.4 is 10.1 Å². The first-order chi connectivity index (χ1) is 8.15. The van der Waals surface area contributed by atoms with Crippen LogP contribution >= 0.6 is 0 Å². The fourth-order valence-electron chi connectivity index (χ4n) is 1.89. The molecule has 1 atom stereocenters. The standard InChI is InChI=1S/C15H25NO/c1-5-6-11-17-15-10-8-7-9-14(15)13(4)16-12(2)3/h7-10,12-13,16H,5-6,11H2,1-4H3. The number of ether oxygens (including phenoxy) is 1. The summed E-state index contributed by atoms with van der Waals surface area (Å²) in [7, 11) is 0. The van der Waals surface area contributed by atoms with E-state index in [1.807, 2.05) is 6.07 Å². The lowest BCUT2D eigenvalue weighted by molar-refractivity contribution is 0.302. The van der Waals surface area contributed by atoms with Crippen molar-refractivity contribution in [2.45, 2.75) is 52.6 Å². The summed E-state index contributed by atoms with van der Waals surface area (Å²) in [6, 6.07) is 9.11. The van der Waals surface area contributed by atoms with E-state index in [1.54, 1.807) is 0 Å². The summed E-state index contributed by atoms with van der Waals surface area (Å²) in [5.74, 6) is 1.02. The third kappa shape index (κ3) is 4.78. The highest BCUT2D eigenvalue weighted by molar-refractivity contribution is 5.35. The van der Waals surface area contributed by atoms with E-state index in [9.17, 15) is 0 Å². The highest BCUT2D eigenvalue weighted by atomic mass is 16.5. The van der Waals surface area contributed by atoms with Crippen LogP contribution in [-0.4, -0.2) is 12.6 Å². The van der Waals surface area contributed by atoms with Gasteiger partial charge in [-0.1, -0.05) is 45.4 Å². The Bertz CT molecular complexity index is 322. The molecule has 1 rings (SSSR count). The molecule has 1 N–H and O–H groups in total. The van der Waals surface area contributed by atoms with Crippen molar-refractivity contribution in [3.8, 4) is 5.75 Å². The monoisotopic (exact) mass is 235 g/mol. The van der Waals surface area contributed by atoms with Gasteiger partial charge in [-0.15, -0.1) is 0 Å². The maximum atomic E-state index is 5.84. The van der Waals surface area contributed by atoms with Gasteiger partial charge in [0.05, 0.1) is 6.61 Å². The number of para-hydroxylation sites is 1. The van der Waals surface area contributed by atoms with Crippen molar-refractivity contribution >= 4 is 0 Å². The van der Waals surface area contributed by atoms with Crippen LogP contribution in [0.5, 0.6) is 5.75 Å². The lowest BCUT2D eigenvalue weighted by Gasteiger charge is -2.20. The van der Waals surface area contributed by atoms with Crippen LogP contribution in [-0.2, 0) is 0 Å². The molecule has 0 aliphatic rings. The quantitative estimate of drug-likeness (QED) is 0.723.